The molecule has 0 aromatic heterocycles. The second kappa shape index (κ2) is 5.91. The summed E-state index contributed by atoms with van der Waals surface area (Å²) in [6.07, 6.45) is -2.49. The van der Waals surface area contributed by atoms with Crippen LogP contribution in [0.5, 0.6) is 0 Å². The third-order valence-corrected chi connectivity index (χ3v) is 2.00. The molecule has 0 aromatic carbocycles. The van der Waals surface area contributed by atoms with Gasteiger partial charge in [-0.05, 0) is 20.8 Å². The van der Waals surface area contributed by atoms with Gasteiger partial charge in [0.15, 0.2) is 0 Å². The minimum atomic E-state index is -1.06. The molecule has 0 radical (unpaired) electrons. The van der Waals surface area contributed by atoms with Crippen LogP contribution < -0.4 is 0 Å². The summed E-state index contributed by atoms with van der Waals surface area (Å²) in [6.45, 7) is 6.86. The van der Waals surface area contributed by atoms with E-state index in [0.717, 1.165) is 0 Å². The van der Waals surface area contributed by atoms with Gasteiger partial charge >= 0.3 is 6.16 Å². The molecule has 9 nitrogen and oxygen atoms in total. The molecule has 1 N–H and O–H groups in total. The summed E-state index contributed by atoms with van der Waals surface area (Å²) in [6, 6.07) is 0. The van der Waals surface area contributed by atoms with Crippen molar-refractivity contribution in [1.82, 2.24) is 5.01 Å². The van der Waals surface area contributed by atoms with Gasteiger partial charge in [0.25, 0.3) is 6.29 Å². The largest absolute Gasteiger partial charge is 0.569 e. The molecule has 0 aliphatic carbocycles. The van der Waals surface area contributed by atoms with E-state index in [1.807, 2.05) is 0 Å². The first-order valence-corrected chi connectivity index (χ1v) is 5.84. The van der Waals surface area contributed by atoms with E-state index in [4.69, 9.17) is 14.6 Å². The van der Waals surface area contributed by atoms with Crippen LogP contribution in [0.3, 0.4) is 0 Å². The van der Waals surface area contributed by atoms with Crippen molar-refractivity contribution in [2.24, 2.45) is 5.28 Å². The molecule has 0 saturated carbocycles. The van der Waals surface area contributed by atoms with E-state index in [9.17, 15) is 10.0 Å². The zero-order valence-electron chi connectivity index (χ0n) is 11.4. The molecule has 1 aliphatic heterocycles. The highest BCUT2D eigenvalue weighted by molar-refractivity contribution is 5.60. The van der Waals surface area contributed by atoms with Crippen molar-refractivity contribution in [1.29, 1.82) is 0 Å². The van der Waals surface area contributed by atoms with E-state index in [1.165, 1.54) is 11.9 Å². The maximum atomic E-state index is 11.3. The van der Waals surface area contributed by atoms with Gasteiger partial charge in [-0.25, -0.2) is 4.79 Å². The van der Waals surface area contributed by atoms with Crippen molar-refractivity contribution in [2.75, 3.05) is 13.1 Å². The Balaban J connectivity index is 2.29. The quantitative estimate of drug-likeness (QED) is 0.266. The summed E-state index contributed by atoms with van der Waals surface area (Å²) in [5.41, 5.74) is -0.674. The third-order valence-electron chi connectivity index (χ3n) is 2.00. The predicted octanol–water partition coefficient (Wildman–Crippen LogP) is 0.770. The first-order valence-electron chi connectivity index (χ1n) is 5.84. The summed E-state index contributed by atoms with van der Waals surface area (Å²) >= 11 is 0. The molecule has 1 rings (SSSR count). The molecule has 1 atom stereocenters. The molecule has 1 unspecified atom stereocenters. The topological polar surface area (TPSA) is 107 Å². The number of hydrogen-bond donors (Lipinski definition) is 1. The molecule has 1 aliphatic rings. The lowest BCUT2D eigenvalue weighted by atomic mass is 10.2. The minimum absolute atomic E-state index is 0.192. The molecule has 1 heterocycles. The van der Waals surface area contributed by atoms with E-state index in [0.29, 0.717) is 0 Å². The van der Waals surface area contributed by atoms with Crippen molar-refractivity contribution < 1.29 is 29.2 Å². The molecule has 110 valence electrons. The Kier molecular flexibility index (Phi) is 4.76. The van der Waals surface area contributed by atoms with Crippen molar-refractivity contribution in [3.8, 4) is 0 Å². The van der Waals surface area contributed by atoms with Gasteiger partial charge in [-0.2, -0.15) is 0 Å². The Morgan fingerprint density at radius 2 is 2.11 bits per heavy atom. The van der Waals surface area contributed by atoms with E-state index >= 15 is 0 Å². The molecule has 1 fully saturated rings. The standard InChI is InChI=1S/C10H19N3O6/c1-7(17-9(15)18-10(2,3)4)19-11-13(16)12-5-8(14)6-12/h7-8,14H,5-6H2,1-4H3. The van der Waals surface area contributed by atoms with E-state index < -0.39 is 24.2 Å². The zero-order valence-corrected chi connectivity index (χ0v) is 11.4. The normalized spacial score (nSPS) is 18.6. The third kappa shape index (κ3) is 5.60. The average molecular weight is 277 g/mol. The van der Waals surface area contributed by atoms with Crippen molar-refractivity contribution in [3.05, 3.63) is 5.21 Å². The number of carbonyl (C=O) groups is 1. The highest BCUT2D eigenvalue weighted by Crippen LogP contribution is 2.10. The Bertz CT molecular complexity index is 348. The van der Waals surface area contributed by atoms with Crippen LogP contribution in [0.4, 0.5) is 4.79 Å². The Morgan fingerprint density at radius 1 is 1.53 bits per heavy atom. The first-order chi connectivity index (χ1) is 8.67. The molecule has 19 heavy (non-hydrogen) atoms. The highest BCUT2D eigenvalue weighted by Gasteiger charge is 2.31. The molecule has 9 heteroatoms. The highest BCUT2D eigenvalue weighted by atomic mass is 16.8. The van der Waals surface area contributed by atoms with Crippen LogP contribution in [0.25, 0.3) is 0 Å². The van der Waals surface area contributed by atoms with E-state index in [2.05, 4.69) is 10.1 Å². The van der Waals surface area contributed by atoms with E-state index in [1.54, 1.807) is 20.8 Å². The first kappa shape index (κ1) is 15.3. The summed E-state index contributed by atoms with van der Waals surface area (Å²) in [7, 11) is 0. The monoisotopic (exact) mass is 277 g/mol. The number of ether oxygens (including phenoxy) is 2. The maximum absolute atomic E-state index is 11.3. The fourth-order valence-corrected chi connectivity index (χ4v) is 1.16. The fourth-order valence-electron chi connectivity index (χ4n) is 1.16. The lowest BCUT2D eigenvalue weighted by molar-refractivity contribution is -0.728. The van der Waals surface area contributed by atoms with Crippen molar-refractivity contribution in [2.45, 2.75) is 45.7 Å². The molecule has 0 spiro atoms. The number of nitrogens with zero attached hydrogens (tertiary/aromatic N) is 3. The number of aliphatic hydroxyl groups excluding tert-OH is 1. The van der Waals surface area contributed by atoms with E-state index in [-0.39, 0.29) is 18.1 Å². The van der Waals surface area contributed by atoms with Gasteiger partial charge in [-0.3, -0.25) is 4.84 Å². The zero-order chi connectivity index (χ0) is 14.6. The van der Waals surface area contributed by atoms with Crippen LogP contribution in [-0.2, 0) is 14.3 Å². The second-order valence-corrected chi connectivity index (χ2v) is 5.12. The molecule has 0 amide bonds. The Morgan fingerprint density at radius 3 is 2.58 bits per heavy atom. The van der Waals surface area contributed by atoms with Crippen LogP contribution in [0, 0.1) is 5.21 Å². The van der Waals surface area contributed by atoms with Crippen LogP contribution in [-0.4, -0.2) is 52.3 Å². The van der Waals surface area contributed by atoms with Crippen LogP contribution in [0.1, 0.15) is 27.7 Å². The van der Waals surface area contributed by atoms with Crippen molar-refractivity contribution in [3.63, 3.8) is 0 Å². The fraction of sp³-hybridized carbons (Fsp3) is 0.900. The van der Waals surface area contributed by atoms with Crippen LogP contribution in [0.2, 0.25) is 0 Å². The molecular formula is C10H19N3O6. The van der Waals surface area contributed by atoms with Gasteiger partial charge in [-0.15, -0.1) is 5.01 Å². The number of rotatable bonds is 4. The Labute approximate surface area is 110 Å². The molecule has 1 saturated heterocycles. The Hall–Kier alpha value is -1.77. The van der Waals surface area contributed by atoms with Gasteiger partial charge < -0.3 is 19.8 Å². The lowest BCUT2D eigenvalue weighted by Gasteiger charge is -2.30. The lowest BCUT2D eigenvalue weighted by Crippen LogP contribution is -2.53. The smallest absolute Gasteiger partial charge is 0.511 e. The average Bonchev–Trinajstić information content (AvgIpc) is 2.18. The summed E-state index contributed by atoms with van der Waals surface area (Å²) < 4.78 is 9.61. The summed E-state index contributed by atoms with van der Waals surface area (Å²) in [4.78, 5) is 16.1. The van der Waals surface area contributed by atoms with Crippen molar-refractivity contribution >= 4 is 6.16 Å². The van der Waals surface area contributed by atoms with Crippen LogP contribution in [0.15, 0.2) is 5.28 Å². The number of β-amino-alcohol motifs (C(OH)–C–C–N with tert-alkyl or cyclic N) is 1. The number of carbonyl (C=O) groups excluding carboxylic acids is 1. The van der Waals surface area contributed by atoms with Gasteiger partial charge in [0.2, 0.25) is 5.28 Å². The van der Waals surface area contributed by atoms with Gasteiger partial charge in [0.1, 0.15) is 24.8 Å². The molecular weight excluding hydrogens is 258 g/mol. The summed E-state index contributed by atoms with van der Waals surface area (Å²) in [5.74, 6) is 0. The molecule has 0 aromatic rings. The van der Waals surface area contributed by atoms with Gasteiger partial charge in [-0.1, -0.05) is 0 Å². The van der Waals surface area contributed by atoms with Crippen LogP contribution >= 0.6 is 0 Å². The summed E-state index contributed by atoms with van der Waals surface area (Å²) in [5, 5.41) is 24.7. The minimum Gasteiger partial charge on any atom is -0.569 e. The second-order valence-electron chi connectivity index (χ2n) is 5.12. The van der Waals surface area contributed by atoms with Gasteiger partial charge in [0, 0.05) is 6.92 Å². The predicted molar refractivity (Wildman–Crippen MR) is 61.5 cm³/mol. The SMILES string of the molecule is CC(ON=[N+]([O-])N1CC(O)C1)OC(=O)OC(C)(C)C. The number of aliphatic hydroxyl groups is 1. The maximum Gasteiger partial charge on any atom is 0.511 e. The molecule has 0 bridgehead atoms. The van der Waals surface area contributed by atoms with Gasteiger partial charge in [0.05, 0.1) is 4.97 Å². The number of hydrogen-bond acceptors (Lipinski definition) is 7. The number of hydrazine groups is 1.